The second-order valence-electron chi connectivity index (χ2n) is 5.52. The fraction of sp³-hybridized carbons (Fsp3) is 0.750. The summed E-state index contributed by atoms with van der Waals surface area (Å²) in [6.07, 6.45) is 9.18. The molecule has 5 unspecified atom stereocenters. The van der Waals surface area contributed by atoms with Gasteiger partial charge in [0.1, 0.15) is 12.2 Å². The Morgan fingerprint density at radius 3 is 2.79 bits per heavy atom. The zero-order valence-corrected chi connectivity index (χ0v) is 12.5. The highest BCUT2D eigenvalue weighted by molar-refractivity contribution is 5.10. The van der Waals surface area contributed by atoms with Gasteiger partial charge >= 0.3 is 0 Å². The first-order valence-corrected chi connectivity index (χ1v) is 7.45. The molecule has 0 amide bonds. The largest absolute Gasteiger partial charge is 0.496 e. The molecule has 0 aromatic carbocycles. The van der Waals surface area contributed by atoms with Crippen LogP contribution in [-0.4, -0.2) is 24.6 Å². The van der Waals surface area contributed by atoms with Crippen molar-refractivity contribution in [3.05, 3.63) is 24.0 Å². The molecule has 0 radical (unpaired) electrons. The van der Waals surface area contributed by atoms with E-state index >= 15 is 0 Å². The molecule has 2 aliphatic heterocycles. The summed E-state index contributed by atoms with van der Waals surface area (Å²) < 4.78 is 17.9. The smallest absolute Gasteiger partial charge is 0.165 e. The van der Waals surface area contributed by atoms with E-state index < -0.39 is 0 Å². The molecule has 2 rings (SSSR count). The quantitative estimate of drug-likeness (QED) is 0.724. The van der Waals surface area contributed by atoms with Crippen LogP contribution in [0.1, 0.15) is 47.0 Å². The van der Waals surface area contributed by atoms with Gasteiger partial charge in [0, 0.05) is 5.92 Å². The van der Waals surface area contributed by atoms with Crippen molar-refractivity contribution in [2.75, 3.05) is 0 Å². The van der Waals surface area contributed by atoms with Crippen LogP contribution in [0.3, 0.4) is 0 Å². The summed E-state index contributed by atoms with van der Waals surface area (Å²) in [7, 11) is 0. The molecule has 0 aliphatic carbocycles. The summed E-state index contributed by atoms with van der Waals surface area (Å²) in [6.45, 7) is 8.61. The van der Waals surface area contributed by atoms with Crippen LogP contribution in [0.5, 0.6) is 0 Å². The Bertz CT molecular complexity index is 348. The van der Waals surface area contributed by atoms with Gasteiger partial charge in [0.2, 0.25) is 0 Å². The summed E-state index contributed by atoms with van der Waals surface area (Å²) in [5, 5.41) is 0. The van der Waals surface area contributed by atoms with E-state index in [4.69, 9.17) is 14.2 Å². The number of hydrogen-bond donors (Lipinski definition) is 0. The fourth-order valence-corrected chi connectivity index (χ4v) is 2.61. The Kier molecular flexibility index (Phi) is 5.06. The van der Waals surface area contributed by atoms with Crippen LogP contribution in [0.25, 0.3) is 0 Å². The molecule has 0 fully saturated rings. The Morgan fingerprint density at radius 2 is 2.11 bits per heavy atom. The first-order chi connectivity index (χ1) is 9.15. The molecule has 3 heteroatoms. The van der Waals surface area contributed by atoms with E-state index in [1.807, 2.05) is 6.08 Å². The highest BCUT2D eigenvalue weighted by atomic mass is 16.7. The third kappa shape index (κ3) is 3.40. The third-order valence-electron chi connectivity index (χ3n) is 4.13. The first-order valence-electron chi connectivity index (χ1n) is 7.45. The van der Waals surface area contributed by atoms with Crippen molar-refractivity contribution in [3.8, 4) is 0 Å². The summed E-state index contributed by atoms with van der Waals surface area (Å²) in [5.41, 5.74) is 1.36. The lowest BCUT2D eigenvalue weighted by molar-refractivity contribution is -0.227. The molecule has 0 bridgehead atoms. The Morgan fingerprint density at radius 1 is 1.32 bits per heavy atom. The van der Waals surface area contributed by atoms with Crippen LogP contribution in [0.4, 0.5) is 0 Å². The van der Waals surface area contributed by atoms with Gasteiger partial charge in [-0.1, -0.05) is 32.4 Å². The van der Waals surface area contributed by atoms with Crippen LogP contribution < -0.4 is 0 Å². The van der Waals surface area contributed by atoms with Crippen LogP contribution in [0.15, 0.2) is 24.0 Å². The summed E-state index contributed by atoms with van der Waals surface area (Å²) >= 11 is 0. The summed E-state index contributed by atoms with van der Waals surface area (Å²) in [4.78, 5) is 0. The fourth-order valence-electron chi connectivity index (χ4n) is 2.61. The van der Waals surface area contributed by atoms with Crippen molar-refractivity contribution in [2.45, 2.75) is 71.6 Å². The molecular formula is C16H26O3. The Labute approximate surface area is 116 Å². The van der Waals surface area contributed by atoms with E-state index in [1.165, 1.54) is 5.57 Å². The van der Waals surface area contributed by atoms with E-state index in [9.17, 15) is 0 Å². The molecule has 5 atom stereocenters. The van der Waals surface area contributed by atoms with Crippen molar-refractivity contribution in [1.82, 2.24) is 0 Å². The predicted molar refractivity (Wildman–Crippen MR) is 75.7 cm³/mol. The van der Waals surface area contributed by atoms with Gasteiger partial charge in [-0.3, -0.25) is 0 Å². The maximum Gasteiger partial charge on any atom is 0.165 e. The van der Waals surface area contributed by atoms with Gasteiger partial charge in [-0.2, -0.15) is 0 Å². The second-order valence-corrected chi connectivity index (χ2v) is 5.52. The minimum atomic E-state index is -0.149. The lowest BCUT2D eigenvalue weighted by Crippen LogP contribution is -2.41. The monoisotopic (exact) mass is 266 g/mol. The molecule has 0 saturated carbocycles. The number of rotatable bonds is 4. The van der Waals surface area contributed by atoms with Crippen molar-refractivity contribution < 1.29 is 14.2 Å². The SMILES string of the molecule is CCC1C=C(C)C(C)C(OC2CC=COC2CC)O1. The molecule has 2 aliphatic rings. The zero-order valence-electron chi connectivity index (χ0n) is 12.5. The lowest BCUT2D eigenvalue weighted by Gasteiger charge is -2.37. The van der Waals surface area contributed by atoms with Gasteiger partial charge in [-0.15, -0.1) is 0 Å². The van der Waals surface area contributed by atoms with Crippen LogP contribution in [0, 0.1) is 5.92 Å². The Balaban J connectivity index is 2.01. The number of ether oxygens (including phenoxy) is 3. The molecule has 19 heavy (non-hydrogen) atoms. The molecule has 0 aromatic rings. The molecule has 2 heterocycles. The van der Waals surface area contributed by atoms with Crippen molar-refractivity contribution in [1.29, 1.82) is 0 Å². The molecular weight excluding hydrogens is 240 g/mol. The zero-order chi connectivity index (χ0) is 13.8. The van der Waals surface area contributed by atoms with E-state index in [1.54, 1.807) is 6.26 Å². The predicted octanol–water partition coefficient (Wildman–Crippen LogP) is 3.80. The van der Waals surface area contributed by atoms with E-state index in [0.717, 1.165) is 19.3 Å². The standard InChI is InChI=1S/C16H26O3/c1-5-13-10-11(3)12(4)16(18-13)19-15-8-7-9-17-14(15)6-2/h7,9-10,12-16H,5-6,8H2,1-4H3. The van der Waals surface area contributed by atoms with Gasteiger partial charge in [0.25, 0.3) is 0 Å². The maximum absolute atomic E-state index is 6.21. The minimum absolute atomic E-state index is 0.103. The number of hydrogen-bond acceptors (Lipinski definition) is 3. The maximum atomic E-state index is 6.21. The molecule has 3 nitrogen and oxygen atoms in total. The summed E-state index contributed by atoms with van der Waals surface area (Å²) in [5.74, 6) is 0.311. The van der Waals surface area contributed by atoms with Crippen molar-refractivity contribution in [3.63, 3.8) is 0 Å². The van der Waals surface area contributed by atoms with Gasteiger partial charge in [0.05, 0.1) is 12.4 Å². The van der Waals surface area contributed by atoms with Crippen molar-refractivity contribution in [2.24, 2.45) is 5.92 Å². The van der Waals surface area contributed by atoms with Gasteiger partial charge in [-0.05, 0) is 32.3 Å². The normalized spacial score (nSPS) is 38.7. The van der Waals surface area contributed by atoms with E-state index in [0.29, 0.717) is 5.92 Å². The average Bonchev–Trinajstić information content (AvgIpc) is 2.44. The molecule has 0 N–H and O–H groups in total. The lowest BCUT2D eigenvalue weighted by atomic mass is 9.96. The summed E-state index contributed by atoms with van der Waals surface area (Å²) in [6, 6.07) is 0. The minimum Gasteiger partial charge on any atom is -0.496 e. The van der Waals surface area contributed by atoms with Crippen molar-refractivity contribution >= 4 is 0 Å². The average molecular weight is 266 g/mol. The second kappa shape index (κ2) is 6.58. The third-order valence-corrected chi connectivity index (χ3v) is 4.13. The molecule has 0 spiro atoms. The Hall–Kier alpha value is -0.800. The van der Waals surface area contributed by atoms with Crippen LogP contribution in [-0.2, 0) is 14.2 Å². The highest BCUT2D eigenvalue weighted by Gasteiger charge is 2.33. The molecule has 0 aromatic heterocycles. The van der Waals surface area contributed by atoms with E-state index in [2.05, 4.69) is 33.8 Å². The molecule has 0 saturated heterocycles. The highest BCUT2D eigenvalue weighted by Crippen LogP contribution is 2.30. The molecule has 108 valence electrons. The van der Waals surface area contributed by atoms with E-state index in [-0.39, 0.29) is 24.6 Å². The van der Waals surface area contributed by atoms with Crippen LogP contribution in [0.2, 0.25) is 0 Å². The van der Waals surface area contributed by atoms with Gasteiger partial charge in [-0.25, -0.2) is 0 Å². The van der Waals surface area contributed by atoms with Gasteiger partial charge in [0.15, 0.2) is 6.29 Å². The first kappa shape index (κ1) is 14.6. The van der Waals surface area contributed by atoms with Crippen LogP contribution >= 0.6 is 0 Å². The topological polar surface area (TPSA) is 27.7 Å². The van der Waals surface area contributed by atoms with Gasteiger partial charge < -0.3 is 14.2 Å².